The Balaban J connectivity index is 1.79. The van der Waals surface area contributed by atoms with Gasteiger partial charge in [-0.3, -0.25) is 0 Å². The van der Waals surface area contributed by atoms with Crippen molar-refractivity contribution in [3.05, 3.63) is 53.1 Å². The summed E-state index contributed by atoms with van der Waals surface area (Å²) in [5.74, 6) is 1.51. The van der Waals surface area contributed by atoms with Gasteiger partial charge in [-0.15, -0.1) is 0 Å². The van der Waals surface area contributed by atoms with Gasteiger partial charge in [0.1, 0.15) is 18.1 Å². The summed E-state index contributed by atoms with van der Waals surface area (Å²) in [6.45, 7) is 4.17. The van der Waals surface area contributed by atoms with Crippen molar-refractivity contribution in [3.63, 3.8) is 0 Å². The van der Waals surface area contributed by atoms with Gasteiger partial charge >= 0.3 is 0 Å². The Bertz CT molecular complexity index is 861. The van der Waals surface area contributed by atoms with Crippen LogP contribution in [-0.4, -0.2) is 28.2 Å². The third-order valence-corrected chi connectivity index (χ3v) is 5.80. The molecule has 0 amide bonds. The Labute approximate surface area is 142 Å². The molecule has 0 bridgehead atoms. The molecule has 0 radical (unpaired) electrons. The van der Waals surface area contributed by atoms with E-state index < -0.39 is 10.0 Å². The lowest BCUT2D eigenvalue weighted by Crippen LogP contribution is -2.42. The zero-order valence-corrected chi connectivity index (χ0v) is 14.8. The number of rotatable bonds is 4. The van der Waals surface area contributed by atoms with E-state index in [4.69, 9.17) is 9.47 Å². The first kappa shape index (κ1) is 16.8. The molecule has 1 N–H and O–H groups in total. The minimum absolute atomic E-state index is 0.280. The molecule has 5 nitrogen and oxygen atoms in total. The largest absolute Gasteiger partial charge is 0.497 e. The van der Waals surface area contributed by atoms with E-state index >= 15 is 0 Å². The average molecular weight is 347 g/mol. The van der Waals surface area contributed by atoms with Gasteiger partial charge in [-0.2, -0.15) is 0 Å². The van der Waals surface area contributed by atoms with Crippen molar-refractivity contribution in [2.45, 2.75) is 31.2 Å². The number of fused-ring (bicyclic) bond motifs is 1. The minimum atomic E-state index is -3.58. The lowest BCUT2D eigenvalue weighted by Gasteiger charge is -2.26. The smallest absolute Gasteiger partial charge is 0.240 e. The van der Waals surface area contributed by atoms with Gasteiger partial charge in [-0.05, 0) is 67.3 Å². The molecule has 1 aliphatic rings. The van der Waals surface area contributed by atoms with Crippen LogP contribution in [0.3, 0.4) is 0 Å². The minimum Gasteiger partial charge on any atom is -0.497 e. The van der Waals surface area contributed by atoms with Crippen molar-refractivity contribution in [3.8, 4) is 11.5 Å². The van der Waals surface area contributed by atoms with Gasteiger partial charge in [0.25, 0.3) is 0 Å². The van der Waals surface area contributed by atoms with Crippen LogP contribution in [0.4, 0.5) is 0 Å². The second kappa shape index (κ2) is 6.45. The highest BCUT2D eigenvalue weighted by Gasteiger charge is 2.26. The van der Waals surface area contributed by atoms with Crippen molar-refractivity contribution < 1.29 is 17.9 Å². The summed E-state index contributed by atoms with van der Waals surface area (Å²) in [5.41, 5.74) is 2.96. The molecule has 0 saturated heterocycles. The van der Waals surface area contributed by atoms with Crippen molar-refractivity contribution in [1.82, 2.24) is 4.72 Å². The van der Waals surface area contributed by atoms with Crippen LogP contribution in [0.5, 0.6) is 11.5 Å². The fraction of sp³-hybridized carbons (Fsp3) is 0.333. The second-order valence-electron chi connectivity index (χ2n) is 6.05. The maximum absolute atomic E-state index is 12.6. The predicted molar refractivity (Wildman–Crippen MR) is 92.2 cm³/mol. The molecule has 0 spiro atoms. The summed E-state index contributed by atoms with van der Waals surface area (Å²) in [7, 11) is -1.98. The number of methoxy groups -OCH3 is 1. The van der Waals surface area contributed by atoms with Crippen molar-refractivity contribution >= 4 is 10.0 Å². The van der Waals surface area contributed by atoms with E-state index in [1.165, 1.54) is 0 Å². The van der Waals surface area contributed by atoms with Crippen molar-refractivity contribution in [1.29, 1.82) is 0 Å². The quantitative estimate of drug-likeness (QED) is 0.923. The maximum atomic E-state index is 12.6. The molecule has 0 fully saturated rings. The molecule has 1 aliphatic heterocycles. The number of hydrogen-bond acceptors (Lipinski definition) is 4. The summed E-state index contributed by atoms with van der Waals surface area (Å²) in [6, 6.07) is 10.4. The molecule has 2 aromatic rings. The molecule has 3 rings (SSSR count). The molecular weight excluding hydrogens is 326 g/mol. The topological polar surface area (TPSA) is 64.6 Å². The van der Waals surface area contributed by atoms with Gasteiger partial charge in [0.05, 0.1) is 18.0 Å². The number of ether oxygens (including phenoxy) is 2. The molecule has 1 atom stereocenters. The highest BCUT2D eigenvalue weighted by atomic mass is 32.2. The number of aryl methyl sites for hydroxylation is 2. The van der Waals surface area contributed by atoms with Crippen LogP contribution in [0.2, 0.25) is 0 Å². The molecule has 0 saturated carbocycles. The standard InChI is InChI=1S/C18H21NO4S/c1-12-4-6-17(8-13(12)2)24(20,21)19-15-9-14-10-16(22-3)5-7-18(14)23-11-15/h4-8,10,15,19H,9,11H2,1-3H3. The highest BCUT2D eigenvalue weighted by Crippen LogP contribution is 2.29. The first-order valence-corrected chi connectivity index (χ1v) is 9.26. The molecule has 128 valence electrons. The Hall–Kier alpha value is -2.05. The molecule has 6 heteroatoms. The van der Waals surface area contributed by atoms with Gasteiger partial charge in [-0.25, -0.2) is 13.1 Å². The van der Waals surface area contributed by atoms with Crippen LogP contribution in [0, 0.1) is 13.8 Å². The zero-order chi connectivity index (χ0) is 17.3. The second-order valence-corrected chi connectivity index (χ2v) is 7.77. The third-order valence-electron chi connectivity index (χ3n) is 4.28. The first-order chi connectivity index (χ1) is 11.4. The average Bonchev–Trinajstić information content (AvgIpc) is 2.56. The van der Waals surface area contributed by atoms with E-state index in [0.717, 1.165) is 28.2 Å². The fourth-order valence-electron chi connectivity index (χ4n) is 2.74. The van der Waals surface area contributed by atoms with Crippen LogP contribution in [0.15, 0.2) is 41.3 Å². The number of nitrogens with one attached hydrogen (secondary N) is 1. The molecular formula is C18H21NO4S. The van der Waals surface area contributed by atoms with E-state index in [0.29, 0.717) is 13.0 Å². The van der Waals surface area contributed by atoms with Gasteiger partial charge < -0.3 is 9.47 Å². The van der Waals surface area contributed by atoms with E-state index in [1.54, 1.807) is 19.2 Å². The Kier molecular flexibility index (Phi) is 4.51. The monoisotopic (exact) mass is 347 g/mol. The van der Waals surface area contributed by atoms with Crippen LogP contribution in [0.1, 0.15) is 16.7 Å². The van der Waals surface area contributed by atoms with Crippen LogP contribution < -0.4 is 14.2 Å². The molecule has 1 heterocycles. The van der Waals surface area contributed by atoms with Gasteiger partial charge in [-0.1, -0.05) is 6.07 Å². The number of benzene rings is 2. The Morgan fingerprint density at radius 2 is 1.92 bits per heavy atom. The molecule has 0 aliphatic carbocycles. The lowest BCUT2D eigenvalue weighted by atomic mass is 10.0. The highest BCUT2D eigenvalue weighted by molar-refractivity contribution is 7.89. The molecule has 1 unspecified atom stereocenters. The first-order valence-electron chi connectivity index (χ1n) is 7.78. The summed E-state index contributed by atoms with van der Waals surface area (Å²) >= 11 is 0. The number of hydrogen-bond donors (Lipinski definition) is 1. The van der Waals surface area contributed by atoms with Crippen LogP contribution >= 0.6 is 0 Å². The molecule has 0 aromatic heterocycles. The van der Waals surface area contributed by atoms with Crippen LogP contribution in [-0.2, 0) is 16.4 Å². The summed E-state index contributed by atoms with van der Waals surface area (Å²) < 4.78 is 38.9. The summed E-state index contributed by atoms with van der Waals surface area (Å²) in [5, 5.41) is 0. The van der Waals surface area contributed by atoms with Crippen LogP contribution in [0.25, 0.3) is 0 Å². The van der Waals surface area contributed by atoms with E-state index in [1.807, 2.05) is 38.1 Å². The molecule has 2 aromatic carbocycles. The SMILES string of the molecule is COc1ccc2c(c1)CC(NS(=O)(=O)c1ccc(C)c(C)c1)CO2. The normalized spacial score (nSPS) is 17.0. The van der Waals surface area contributed by atoms with Crippen molar-refractivity contribution in [2.75, 3.05) is 13.7 Å². The summed E-state index contributed by atoms with van der Waals surface area (Å²) in [4.78, 5) is 0.280. The van der Waals surface area contributed by atoms with E-state index in [9.17, 15) is 8.42 Å². The summed E-state index contributed by atoms with van der Waals surface area (Å²) in [6.07, 6.45) is 0.566. The van der Waals surface area contributed by atoms with Crippen molar-refractivity contribution in [2.24, 2.45) is 0 Å². The fourth-order valence-corrected chi connectivity index (χ4v) is 4.05. The zero-order valence-electron chi connectivity index (χ0n) is 14.0. The number of sulfonamides is 1. The van der Waals surface area contributed by atoms with Gasteiger partial charge in [0, 0.05) is 0 Å². The Morgan fingerprint density at radius 1 is 1.12 bits per heavy atom. The maximum Gasteiger partial charge on any atom is 0.240 e. The van der Waals surface area contributed by atoms with Gasteiger partial charge in [0.15, 0.2) is 0 Å². The van der Waals surface area contributed by atoms with E-state index in [-0.39, 0.29) is 10.9 Å². The predicted octanol–water partition coefficient (Wildman–Crippen LogP) is 2.59. The van der Waals surface area contributed by atoms with E-state index in [2.05, 4.69) is 4.72 Å². The lowest BCUT2D eigenvalue weighted by molar-refractivity contribution is 0.253. The van der Waals surface area contributed by atoms with Gasteiger partial charge in [0.2, 0.25) is 10.0 Å². The third kappa shape index (κ3) is 3.39. The molecule has 24 heavy (non-hydrogen) atoms. The Morgan fingerprint density at radius 3 is 2.62 bits per heavy atom.